The zero-order valence-electron chi connectivity index (χ0n) is 13.8. The maximum absolute atomic E-state index is 12.1. The summed E-state index contributed by atoms with van der Waals surface area (Å²) in [4.78, 5) is 46.1. The Labute approximate surface area is 138 Å². The highest BCUT2D eigenvalue weighted by molar-refractivity contribution is 5.87. The van der Waals surface area contributed by atoms with E-state index in [0.717, 1.165) is 27.7 Å². The molecule has 1 rings (SSSR count). The molecule has 10 nitrogen and oxygen atoms in total. The van der Waals surface area contributed by atoms with Crippen LogP contribution in [-0.2, 0) is 38.1 Å². The van der Waals surface area contributed by atoms with E-state index in [0.29, 0.717) is 0 Å². The molecule has 0 amide bonds. The fourth-order valence-electron chi connectivity index (χ4n) is 2.44. The van der Waals surface area contributed by atoms with Crippen molar-refractivity contribution >= 4 is 23.7 Å². The van der Waals surface area contributed by atoms with Gasteiger partial charge in [0.1, 0.15) is 6.04 Å². The number of esters is 3. The Morgan fingerprint density at radius 1 is 1.00 bits per heavy atom. The molecule has 0 unspecified atom stereocenters. The van der Waals surface area contributed by atoms with E-state index < -0.39 is 60.4 Å². The SMILES string of the molecule is CC(=O)O[C@H]1O[C@@](CO)(C(C)=O)[C@@H](OC(C)=O)[C@H](OC(C)=O)[C@@H]1N. The van der Waals surface area contributed by atoms with Gasteiger partial charge in [0.2, 0.25) is 6.29 Å². The minimum absolute atomic E-state index is 0.725. The predicted octanol–water partition coefficient (Wildman–Crippen LogP) is -1.58. The van der Waals surface area contributed by atoms with Gasteiger partial charge in [0.15, 0.2) is 23.6 Å². The summed E-state index contributed by atoms with van der Waals surface area (Å²) < 4.78 is 20.4. The summed E-state index contributed by atoms with van der Waals surface area (Å²) in [5.74, 6) is -3.07. The molecule has 1 aliphatic rings. The summed E-state index contributed by atoms with van der Waals surface area (Å²) in [6.07, 6.45) is -4.38. The second-order valence-corrected chi connectivity index (χ2v) is 5.38. The number of rotatable bonds is 5. The predicted molar refractivity (Wildman–Crippen MR) is 76.2 cm³/mol. The largest absolute Gasteiger partial charge is 0.457 e. The highest BCUT2D eigenvalue weighted by Crippen LogP contribution is 2.34. The summed E-state index contributed by atoms with van der Waals surface area (Å²) in [6, 6.07) is -1.25. The van der Waals surface area contributed by atoms with E-state index in [1.165, 1.54) is 0 Å². The standard InChI is InChI=1S/C14H21NO9/c1-6(17)14(5-16)12(22-8(3)19)11(21-7(2)18)10(15)13(24-14)23-9(4)20/h10-13,16H,5,15H2,1-4H3/t10-,11+,12-,13-,14-/m0/s1. The second-order valence-electron chi connectivity index (χ2n) is 5.38. The number of aliphatic hydroxyl groups excluding tert-OH is 1. The smallest absolute Gasteiger partial charge is 0.304 e. The number of carbonyl (C=O) groups is 4. The van der Waals surface area contributed by atoms with Gasteiger partial charge < -0.3 is 29.8 Å². The Hall–Kier alpha value is -2.04. The molecule has 0 bridgehead atoms. The lowest BCUT2D eigenvalue weighted by Gasteiger charge is -2.48. The molecular formula is C14H21NO9. The van der Waals surface area contributed by atoms with Crippen molar-refractivity contribution in [3.63, 3.8) is 0 Å². The lowest BCUT2D eigenvalue weighted by molar-refractivity contribution is -0.294. The molecule has 1 saturated heterocycles. The van der Waals surface area contributed by atoms with Gasteiger partial charge in [-0.15, -0.1) is 0 Å². The molecule has 5 atom stereocenters. The van der Waals surface area contributed by atoms with Crippen LogP contribution in [0.3, 0.4) is 0 Å². The average molecular weight is 347 g/mol. The van der Waals surface area contributed by atoms with Crippen LogP contribution in [0.2, 0.25) is 0 Å². The molecule has 0 saturated carbocycles. The number of hydrogen-bond donors (Lipinski definition) is 2. The molecule has 24 heavy (non-hydrogen) atoms. The van der Waals surface area contributed by atoms with Gasteiger partial charge in [0.05, 0.1) is 6.61 Å². The molecule has 1 heterocycles. The third-order valence-electron chi connectivity index (χ3n) is 3.49. The van der Waals surface area contributed by atoms with E-state index in [1.807, 2.05) is 0 Å². The van der Waals surface area contributed by atoms with Gasteiger partial charge in [-0.1, -0.05) is 0 Å². The number of ether oxygens (including phenoxy) is 4. The van der Waals surface area contributed by atoms with Crippen LogP contribution in [-0.4, -0.2) is 65.5 Å². The first-order valence-corrected chi connectivity index (χ1v) is 7.12. The summed E-state index contributed by atoms with van der Waals surface area (Å²) in [7, 11) is 0. The fraction of sp³-hybridized carbons (Fsp3) is 0.714. The highest BCUT2D eigenvalue weighted by Gasteiger charge is 2.60. The first kappa shape index (κ1) is 20.0. The van der Waals surface area contributed by atoms with E-state index in [-0.39, 0.29) is 0 Å². The van der Waals surface area contributed by atoms with Crippen LogP contribution >= 0.6 is 0 Å². The zero-order valence-corrected chi connectivity index (χ0v) is 13.8. The fourth-order valence-corrected chi connectivity index (χ4v) is 2.44. The molecule has 3 N–H and O–H groups in total. The number of ketones is 1. The maximum Gasteiger partial charge on any atom is 0.304 e. The summed E-state index contributed by atoms with van der Waals surface area (Å²) in [6.45, 7) is 3.41. The van der Waals surface area contributed by atoms with Gasteiger partial charge >= 0.3 is 17.9 Å². The molecule has 136 valence electrons. The molecule has 10 heteroatoms. The zero-order chi connectivity index (χ0) is 18.7. The van der Waals surface area contributed by atoms with E-state index in [1.54, 1.807) is 0 Å². The summed E-state index contributed by atoms with van der Waals surface area (Å²) in [5.41, 5.74) is 3.80. The Bertz CT molecular complexity index is 534. The van der Waals surface area contributed by atoms with Crippen LogP contribution in [0.15, 0.2) is 0 Å². The quantitative estimate of drug-likeness (QED) is 0.440. The highest BCUT2D eigenvalue weighted by atomic mass is 16.7. The second kappa shape index (κ2) is 7.69. The molecule has 0 aromatic carbocycles. The lowest BCUT2D eigenvalue weighted by atomic mass is 9.83. The topological polar surface area (TPSA) is 151 Å². The molecule has 0 aromatic heterocycles. The van der Waals surface area contributed by atoms with Gasteiger partial charge in [-0.2, -0.15) is 0 Å². The third-order valence-corrected chi connectivity index (χ3v) is 3.49. The number of hydrogen-bond acceptors (Lipinski definition) is 10. The molecule has 1 aliphatic heterocycles. The van der Waals surface area contributed by atoms with E-state index in [4.69, 9.17) is 24.7 Å². The van der Waals surface area contributed by atoms with Crippen molar-refractivity contribution in [1.82, 2.24) is 0 Å². The summed E-state index contributed by atoms with van der Waals surface area (Å²) in [5, 5.41) is 9.73. The summed E-state index contributed by atoms with van der Waals surface area (Å²) >= 11 is 0. The van der Waals surface area contributed by atoms with Crippen LogP contribution in [0.1, 0.15) is 27.7 Å². The number of aliphatic hydroxyl groups is 1. The van der Waals surface area contributed by atoms with Crippen LogP contribution in [0, 0.1) is 0 Å². The Morgan fingerprint density at radius 2 is 1.50 bits per heavy atom. The minimum Gasteiger partial charge on any atom is -0.457 e. The van der Waals surface area contributed by atoms with Gasteiger partial charge in [-0.25, -0.2) is 0 Å². The molecule has 0 aromatic rings. The van der Waals surface area contributed by atoms with Crippen molar-refractivity contribution in [3.05, 3.63) is 0 Å². The van der Waals surface area contributed by atoms with Crippen LogP contribution in [0.25, 0.3) is 0 Å². The van der Waals surface area contributed by atoms with Crippen molar-refractivity contribution in [2.75, 3.05) is 6.61 Å². The van der Waals surface area contributed by atoms with Crippen molar-refractivity contribution in [3.8, 4) is 0 Å². The third kappa shape index (κ3) is 4.08. The van der Waals surface area contributed by atoms with Crippen molar-refractivity contribution in [2.24, 2.45) is 5.73 Å². The normalized spacial score (nSPS) is 32.6. The lowest BCUT2D eigenvalue weighted by Crippen LogP contribution is -2.72. The Kier molecular flexibility index (Phi) is 6.41. The molecular weight excluding hydrogens is 326 g/mol. The van der Waals surface area contributed by atoms with Crippen molar-refractivity contribution < 1.29 is 43.2 Å². The number of Topliss-reactive ketones (excluding diaryl/α,β-unsaturated/α-hetero) is 1. The van der Waals surface area contributed by atoms with E-state index in [2.05, 4.69) is 0 Å². The Morgan fingerprint density at radius 3 is 1.88 bits per heavy atom. The molecule has 0 spiro atoms. The van der Waals surface area contributed by atoms with Gasteiger partial charge in [-0.3, -0.25) is 19.2 Å². The minimum atomic E-state index is -2.10. The monoisotopic (exact) mass is 347 g/mol. The molecule has 0 radical (unpaired) electrons. The average Bonchev–Trinajstić information content (AvgIpc) is 2.44. The number of nitrogens with two attached hydrogens (primary N) is 1. The molecule has 0 aliphatic carbocycles. The molecule has 1 fully saturated rings. The van der Waals surface area contributed by atoms with Gasteiger partial charge in [0, 0.05) is 20.8 Å². The van der Waals surface area contributed by atoms with E-state index >= 15 is 0 Å². The van der Waals surface area contributed by atoms with Gasteiger partial charge in [0.25, 0.3) is 0 Å². The van der Waals surface area contributed by atoms with E-state index in [9.17, 15) is 24.3 Å². The first-order chi connectivity index (χ1) is 11.0. The van der Waals surface area contributed by atoms with Crippen LogP contribution < -0.4 is 5.73 Å². The van der Waals surface area contributed by atoms with Crippen molar-refractivity contribution in [2.45, 2.75) is 57.8 Å². The van der Waals surface area contributed by atoms with Crippen LogP contribution in [0.5, 0.6) is 0 Å². The Balaban J connectivity index is 3.39. The first-order valence-electron chi connectivity index (χ1n) is 7.12. The number of carbonyl (C=O) groups excluding carboxylic acids is 4. The van der Waals surface area contributed by atoms with Gasteiger partial charge in [-0.05, 0) is 6.92 Å². The van der Waals surface area contributed by atoms with Crippen LogP contribution in [0.4, 0.5) is 0 Å². The van der Waals surface area contributed by atoms with Crippen molar-refractivity contribution in [1.29, 1.82) is 0 Å². The maximum atomic E-state index is 12.1.